The van der Waals surface area contributed by atoms with Gasteiger partial charge < -0.3 is 4.74 Å². The number of rotatable bonds is 5. The molecule has 0 fully saturated rings. The molecule has 3 aromatic rings. The van der Waals surface area contributed by atoms with Crippen LogP contribution in [0, 0.1) is 11.3 Å². The molecule has 25 heavy (non-hydrogen) atoms. The lowest BCUT2D eigenvalue weighted by Gasteiger charge is -2.08. The summed E-state index contributed by atoms with van der Waals surface area (Å²) in [6.07, 6.45) is 2.62. The molecule has 124 valence electrons. The minimum Gasteiger partial charge on any atom is -0.424 e. The van der Waals surface area contributed by atoms with Crippen LogP contribution in [0.1, 0.15) is 5.56 Å². The van der Waals surface area contributed by atoms with Crippen molar-refractivity contribution >= 4 is 15.7 Å². The molecule has 0 bridgehead atoms. The van der Waals surface area contributed by atoms with Crippen molar-refractivity contribution in [3.63, 3.8) is 0 Å². The van der Waals surface area contributed by atoms with E-state index >= 15 is 0 Å². The van der Waals surface area contributed by atoms with E-state index in [0.29, 0.717) is 11.3 Å². The maximum absolute atomic E-state index is 12.3. The number of hydrogen-bond acceptors (Lipinski definition) is 6. The first-order chi connectivity index (χ1) is 12.1. The van der Waals surface area contributed by atoms with Gasteiger partial charge >= 0.3 is 6.01 Å². The molecule has 0 aliphatic carbocycles. The molecular formula is C17H12N4O3S. The van der Waals surface area contributed by atoms with E-state index in [4.69, 9.17) is 10.00 Å². The standard InChI is InChI=1S/C17H12N4O3S/c18-10-13-6-8-16(9-7-13)25(22,23)21-14-11-19-17(20-12-14)24-15-4-2-1-3-5-15/h1-9,11-12,21H. The van der Waals surface area contributed by atoms with Crippen molar-refractivity contribution in [2.75, 3.05) is 4.72 Å². The lowest BCUT2D eigenvalue weighted by Crippen LogP contribution is -2.13. The number of aromatic nitrogens is 2. The van der Waals surface area contributed by atoms with Crippen LogP contribution in [-0.4, -0.2) is 18.4 Å². The lowest BCUT2D eigenvalue weighted by atomic mass is 10.2. The van der Waals surface area contributed by atoms with Crippen LogP contribution in [0.5, 0.6) is 11.8 Å². The van der Waals surface area contributed by atoms with Crippen molar-refractivity contribution in [1.82, 2.24) is 9.97 Å². The number of nitrogens with zero attached hydrogens (tertiary/aromatic N) is 3. The third-order valence-corrected chi connectivity index (χ3v) is 4.52. The van der Waals surface area contributed by atoms with Crippen LogP contribution >= 0.6 is 0 Å². The minimum atomic E-state index is -3.79. The molecular weight excluding hydrogens is 340 g/mol. The highest BCUT2D eigenvalue weighted by Crippen LogP contribution is 2.19. The first-order valence-corrected chi connectivity index (χ1v) is 8.63. The van der Waals surface area contributed by atoms with E-state index in [1.807, 2.05) is 24.3 Å². The molecule has 1 N–H and O–H groups in total. The van der Waals surface area contributed by atoms with Gasteiger partial charge in [0.1, 0.15) is 5.75 Å². The van der Waals surface area contributed by atoms with Gasteiger partial charge in [0.15, 0.2) is 0 Å². The fraction of sp³-hybridized carbons (Fsp3) is 0. The molecule has 0 saturated heterocycles. The molecule has 7 nitrogen and oxygen atoms in total. The zero-order valence-corrected chi connectivity index (χ0v) is 13.6. The highest BCUT2D eigenvalue weighted by Gasteiger charge is 2.14. The number of nitrogens with one attached hydrogen (secondary N) is 1. The second kappa shape index (κ2) is 6.98. The van der Waals surface area contributed by atoms with Crippen molar-refractivity contribution in [3.05, 3.63) is 72.6 Å². The zero-order valence-electron chi connectivity index (χ0n) is 12.8. The predicted molar refractivity (Wildman–Crippen MR) is 90.5 cm³/mol. The van der Waals surface area contributed by atoms with Gasteiger partial charge in [0.25, 0.3) is 10.0 Å². The highest BCUT2D eigenvalue weighted by atomic mass is 32.2. The summed E-state index contributed by atoms with van der Waals surface area (Å²) in [5.74, 6) is 0.577. The maximum Gasteiger partial charge on any atom is 0.322 e. The van der Waals surface area contributed by atoms with Crippen molar-refractivity contribution in [2.24, 2.45) is 0 Å². The second-order valence-electron chi connectivity index (χ2n) is 4.91. The Bertz CT molecular complexity index is 997. The molecule has 2 aromatic carbocycles. The van der Waals surface area contributed by atoms with Crippen molar-refractivity contribution in [1.29, 1.82) is 5.26 Å². The van der Waals surface area contributed by atoms with E-state index < -0.39 is 10.0 Å². The number of hydrogen-bond donors (Lipinski definition) is 1. The normalized spacial score (nSPS) is 10.7. The van der Waals surface area contributed by atoms with E-state index in [2.05, 4.69) is 14.7 Å². The molecule has 0 unspecified atom stereocenters. The van der Waals surface area contributed by atoms with Gasteiger partial charge in [-0.15, -0.1) is 0 Å². The van der Waals surface area contributed by atoms with E-state index in [9.17, 15) is 8.42 Å². The van der Waals surface area contributed by atoms with Crippen molar-refractivity contribution < 1.29 is 13.2 Å². The average molecular weight is 352 g/mol. The van der Waals surface area contributed by atoms with Crippen LogP contribution in [0.3, 0.4) is 0 Å². The monoisotopic (exact) mass is 352 g/mol. The number of ether oxygens (including phenoxy) is 1. The lowest BCUT2D eigenvalue weighted by molar-refractivity contribution is 0.442. The van der Waals surface area contributed by atoms with Crippen LogP contribution in [0.25, 0.3) is 0 Å². The summed E-state index contributed by atoms with van der Waals surface area (Å²) in [5, 5.41) is 8.75. The summed E-state index contributed by atoms with van der Waals surface area (Å²) in [6, 6.07) is 16.6. The van der Waals surface area contributed by atoms with Gasteiger partial charge in [-0.1, -0.05) is 18.2 Å². The van der Waals surface area contributed by atoms with Gasteiger partial charge in [0, 0.05) is 0 Å². The molecule has 1 aromatic heterocycles. The Hall–Kier alpha value is -3.44. The second-order valence-corrected chi connectivity index (χ2v) is 6.59. The van der Waals surface area contributed by atoms with E-state index in [-0.39, 0.29) is 16.6 Å². The largest absolute Gasteiger partial charge is 0.424 e. The molecule has 0 radical (unpaired) electrons. The molecule has 0 atom stereocenters. The van der Waals surface area contributed by atoms with Gasteiger partial charge in [0.05, 0.1) is 34.6 Å². The molecule has 0 amide bonds. The minimum absolute atomic E-state index is 0.0381. The van der Waals surface area contributed by atoms with Gasteiger partial charge in [-0.2, -0.15) is 5.26 Å². The Kier molecular flexibility index (Phi) is 4.59. The molecule has 0 aliphatic heterocycles. The Labute approximate surface area is 144 Å². The summed E-state index contributed by atoms with van der Waals surface area (Å²) in [4.78, 5) is 7.99. The number of sulfonamides is 1. The van der Waals surface area contributed by atoms with Gasteiger partial charge in [-0.05, 0) is 36.4 Å². The number of para-hydroxylation sites is 1. The molecule has 3 rings (SSSR count). The summed E-state index contributed by atoms with van der Waals surface area (Å²) >= 11 is 0. The Balaban J connectivity index is 1.73. The summed E-state index contributed by atoms with van der Waals surface area (Å²) in [6.45, 7) is 0. The first kappa shape index (κ1) is 16.4. The smallest absolute Gasteiger partial charge is 0.322 e. The van der Waals surface area contributed by atoms with Gasteiger partial charge in [-0.3, -0.25) is 4.72 Å². The van der Waals surface area contributed by atoms with E-state index in [0.717, 1.165) is 0 Å². The van der Waals surface area contributed by atoms with Crippen LogP contribution in [0.4, 0.5) is 5.69 Å². The van der Waals surface area contributed by atoms with E-state index in [1.54, 1.807) is 12.1 Å². The van der Waals surface area contributed by atoms with Gasteiger partial charge in [0.2, 0.25) is 0 Å². The van der Waals surface area contributed by atoms with Crippen molar-refractivity contribution in [2.45, 2.75) is 4.90 Å². The quantitative estimate of drug-likeness (QED) is 0.757. The third-order valence-electron chi connectivity index (χ3n) is 3.13. The Morgan fingerprint density at radius 1 is 0.960 bits per heavy atom. The van der Waals surface area contributed by atoms with Crippen LogP contribution in [0.15, 0.2) is 71.9 Å². The fourth-order valence-electron chi connectivity index (χ4n) is 1.94. The predicted octanol–water partition coefficient (Wildman–Crippen LogP) is 2.94. The number of nitriles is 1. The maximum atomic E-state index is 12.3. The zero-order chi connectivity index (χ0) is 17.7. The SMILES string of the molecule is N#Cc1ccc(S(=O)(=O)Nc2cnc(Oc3ccccc3)nc2)cc1. The van der Waals surface area contributed by atoms with Crippen LogP contribution < -0.4 is 9.46 Å². The van der Waals surface area contributed by atoms with Gasteiger partial charge in [-0.25, -0.2) is 18.4 Å². The van der Waals surface area contributed by atoms with E-state index in [1.165, 1.54) is 36.7 Å². The summed E-state index contributed by atoms with van der Waals surface area (Å²) < 4.78 is 32.4. The number of anilines is 1. The number of benzene rings is 2. The molecule has 0 aliphatic rings. The highest BCUT2D eigenvalue weighted by molar-refractivity contribution is 7.92. The Morgan fingerprint density at radius 2 is 1.60 bits per heavy atom. The fourth-order valence-corrected chi connectivity index (χ4v) is 2.97. The molecule has 0 spiro atoms. The molecule has 1 heterocycles. The molecule has 0 saturated carbocycles. The van der Waals surface area contributed by atoms with Crippen molar-refractivity contribution in [3.8, 4) is 17.8 Å². The summed E-state index contributed by atoms with van der Waals surface area (Å²) in [7, 11) is -3.79. The third kappa shape index (κ3) is 4.10. The topological polar surface area (TPSA) is 105 Å². The molecule has 8 heteroatoms. The average Bonchev–Trinajstić information content (AvgIpc) is 2.64. The van der Waals surface area contributed by atoms with Crippen LogP contribution in [0.2, 0.25) is 0 Å². The van der Waals surface area contributed by atoms with Crippen LogP contribution in [-0.2, 0) is 10.0 Å². The first-order valence-electron chi connectivity index (χ1n) is 7.15. The summed E-state index contributed by atoms with van der Waals surface area (Å²) in [5.41, 5.74) is 0.578. The Morgan fingerprint density at radius 3 is 2.20 bits per heavy atom.